The van der Waals surface area contributed by atoms with E-state index in [4.69, 9.17) is 0 Å². The number of hydrogen-bond donors (Lipinski definition) is 0. The summed E-state index contributed by atoms with van der Waals surface area (Å²) < 4.78 is 0.998. The van der Waals surface area contributed by atoms with Gasteiger partial charge in [0.15, 0.2) is 10.6 Å². The Morgan fingerprint density at radius 2 is 1.67 bits per heavy atom. The number of rotatable bonds is 4. The minimum Gasteiger partial charge on any atom is -0.289 e. The lowest BCUT2D eigenvalue weighted by Crippen LogP contribution is -2.15. The lowest BCUT2D eigenvalue weighted by Gasteiger charge is -2.03. The van der Waals surface area contributed by atoms with Crippen LogP contribution in [0.5, 0.6) is 0 Å². The van der Waals surface area contributed by atoms with Crippen LogP contribution in [0.15, 0.2) is 64.0 Å². The normalized spacial score (nSPS) is 12.1. The average Bonchev–Trinajstić information content (AvgIpc) is 2.40. The predicted octanol–water partition coefficient (Wildman–Crippen LogP) is 3.94. The Bertz CT molecular complexity index is 522. The molecule has 0 aliphatic carbocycles. The van der Waals surface area contributed by atoms with Gasteiger partial charge in [-0.3, -0.25) is 4.79 Å². The second-order valence-electron chi connectivity index (χ2n) is 4.02. The van der Waals surface area contributed by atoms with Crippen LogP contribution in [0.25, 0.3) is 0 Å². The van der Waals surface area contributed by atoms with Crippen molar-refractivity contribution in [2.24, 2.45) is 0 Å². The van der Waals surface area contributed by atoms with Crippen LogP contribution in [-0.4, -0.2) is 17.8 Å². The van der Waals surface area contributed by atoms with Gasteiger partial charge in [0.2, 0.25) is 5.78 Å². The van der Waals surface area contributed by atoms with Crippen LogP contribution < -0.4 is 0 Å². The molecule has 0 aliphatic rings. The fraction of sp³-hybridized carbons (Fsp3) is 0.133. The molecular formula is C15H14BrOS+. The summed E-state index contributed by atoms with van der Waals surface area (Å²) in [5, 5.41) is 0. The van der Waals surface area contributed by atoms with Gasteiger partial charge in [-0.25, -0.2) is 0 Å². The van der Waals surface area contributed by atoms with Crippen molar-refractivity contribution in [3.8, 4) is 0 Å². The lowest BCUT2D eigenvalue weighted by atomic mass is 10.2. The van der Waals surface area contributed by atoms with Crippen LogP contribution >= 0.6 is 15.9 Å². The number of halogens is 1. The van der Waals surface area contributed by atoms with E-state index in [1.54, 1.807) is 0 Å². The topological polar surface area (TPSA) is 17.1 Å². The number of benzene rings is 2. The molecule has 2 aromatic carbocycles. The highest BCUT2D eigenvalue weighted by Crippen LogP contribution is 2.15. The third kappa shape index (κ3) is 3.47. The molecule has 0 N–H and O–H groups in total. The van der Waals surface area contributed by atoms with Gasteiger partial charge in [-0.15, -0.1) is 0 Å². The van der Waals surface area contributed by atoms with Crippen molar-refractivity contribution < 1.29 is 4.79 Å². The van der Waals surface area contributed by atoms with E-state index in [2.05, 4.69) is 34.3 Å². The summed E-state index contributed by atoms with van der Waals surface area (Å²) in [6, 6.07) is 17.7. The maximum Gasteiger partial charge on any atom is 0.212 e. The van der Waals surface area contributed by atoms with E-state index in [0.29, 0.717) is 5.75 Å². The van der Waals surface area contributed by atoms with E-state index >= 15 is 0 Å². The largest absolute Gasteiger partial charge is 0.289 e. The van der Waals surface area contributed by atoms with Gasteiger partial charge in [-0.05, 0) is 24.3 Å². The molecule has 0 radical (unpaired) electrons. The predicted molar refractivity (Wildman–Crippen MR) is 81.3 cm³/mol. The van der Waals surface area contributed by atoms with Crippen molar-refractivity contribution in [1.29, 1.82) is 0 Å². The van der Waals surface area contributed by atoms with Crippen LogP contribution in [0.3, 0.4) is 0 Å². The molecule has 92 valence electrons. The van der Waals surface area contributed by atoms with Gasteiger partial charge in [0, 0.05) is 20.9 Å². The molecule has 1 unspecified atom stereocenters. The number of Topliss-reactive ketones (excluding diaryl/α,β-unsaturated/α-hetero) is 1. The second kappa shape index (κ2) is 6.21. The summed E-state index contributed by atoms with van der Waals surface area (Å²) in [6.45, 7) is 0. The number of carbonyl (C=O) groups is 1. The Hall–Kier alpha value is -1.06. The Morgan fingerprint density at radius 3 is 2.28 bits per heavy atom. The maximum atomic E-state index is 12.1. The fourth-order valence-electron chi connectivity index (χ4n) is 1.65. The molecule has 0 amide bonds. The molecule has 0 spiro atoms. The van der Waals surface area contributed by atoms with Crippen LogP contribution in [0, 0.1) is 0 Å². The summed E-state index contributed by atoms with van der Waals surface area (Å²) in [6.07, 6.45) is 2.12. The van der Waals surface area contributed by atoms with Crippen molar-refractivity contribution in [1.82, 2.24) is 0 Å². The fourth-order valence-corrected chi connectivity index (χ4v) is 3.26. The van der Waals surface area contributed by atoms with Crippen molar-refractivity contribution >= 4 is 32.6 Å². The van der Waals surface area contributed by atoms with Gasteiger partial charge < -0.3 is 0 Å². The molecule has 2 aromatic rings. The SMILES string of the molecule is C[S+](CC(=O)c1ccc(Br)cc1)c1ccccc1. The highest BCUT2D eigenvalue weighted by atomic mass is 79.9. The van der Waals surface area contributed by atoms with Crippen LogP contribution in [0.1, 0.15) is 10.4 Å². The zero-order valence-corrected chi connectivity index (χ0v) is 12.5. The number of hydrogen-bond acceptors (Lipinski definition) is 1. The minimum absolute atomic E-state index is 0.0306. The van der Waals surface area contributed by atoms with E-state index in [9.17, 15) is 4.79 Å². The van der Waals surface area contributed by atoms with Gasteiger partial charge in [-0.1, -0.05) is 46.3 Å². The standard InChI is InChI=1S/C15H14BrOS/c1-18(14-5-3-2-4-6-14)11-15(17)12-7-9-13(16)10-8-12/h2-10H,11H2,1H3/q+1. The molecular weight excluding hydrogens is 308 g/mol. The van der Waals surface area contributed by atoms with Crippen molar-refractivity contribution in [3.63, 3.8) is 0 Å². The first-order valence-corrected chi connectivity index (χ1v) is 8.22. The molecule has 0 saturated heterocycles. The number of ketones is 1. The molecule has 2 rings (SSSR count). The first kappa shape index (κ1) is 13.4. The molecule has 0 fully saturated rings. The Kier molecular flexibility index (Phi) is 4.61. The first-order chi connectivity index (χ1) is 8.66. The summed E-state index contributed by atoms with van der Waals surface area (Å²) in [7, 11) is -0.0306. The van der Waals surface area contributed by atoms with Gasteiger partial charge >= 0.3 is 0 Å². The van der Waals surface area contributed by atoms with Gasteiger partial charge in [0.1, 0.15) is 6.26 Å². The second-order valence-corrected chi connectivity index (χ2v) is 6.97. The van der Waals surface area contributed by atoms with E-state index in [-0.39, 0.29) is 16.7 Å². The molecule has 0 aliphatic heterocycles. The summed E-state index contributed by atoms with van der Waals surface area (Å²) >= 11 is 3.37. The third-order valence-electron chi connectivity index (χ3n) is 2.66. The Labute approximate surface area is 119 Å². The van der Waals surface area contributed by atoms with Crippen LogP contribution in [0.2, 0.25) is 0 Å². The lowest BCUT2D eigenvalue weighted by molar-refractivity contribution is 0.102. The molecule has 18 heavy (non-hydrogen) atoms. The third-order valence-corrected chi connectivity index (χ3v) is 4.96. The maximum absolute atomic E-state index is 12.1. The first-order valence-electron chi connectivity index (χ1n) is 5.63. The molecule has 0 aromatic heterocycles. The van der Waals surface area contributed by atoms with E-state index < -0.39 is 0 Å². The van der Waals surface area contributed by atoms with Crippen molar-refractivity contribution in [2.75, 3.05) is 12.0 Å². The van der Waals surface area contributed by atoms with Gasteiger partial charge in [0.25, 0.3) is 0 Å². The van der Waals surface area contributed by atoms with E-state index in [1.807, 2.05) is 42.5 Å². The summed E-state index contributed by atoms with van der Waals surface area (Å²) in [4.78, 5) is 13.4. The van der Waals surface area contributed by atoms with E-state index in [1.165, 1.54) is 4.90 Å². The van der Waals surface area contributed by atoms with Crippen LogP contribution in [-0.2, 0) is 10.9 Å². The van der Waals surface area contributed by atoms with Gasteiger partial charge in [0.05, 0.1) is 0 Å². The van der Waals surface area contributed by atoms with Crippen molar-refractivity contribution in [3.05, 3.63) is 64.6 Å². The summed E-state index contributed by atoms with van der Waals surface area (Å²) in [5.74, 6) is 0.781. The molecule has 1 nitrogen and oxygen atoms in total. The smallest absolute Gasteiger partial charge is 0.212 e. The van der Waals surface area contributed by atoms with Crippen LogP contribution in [0.4, 0.5) is 0 Å². The highest BCUT2D eigenvalue weighted by molar-refractivity contribution is 9.10. The molecule has 0 bridgehead atoms. The van der Waals surface area contributed by atoms with E-state index in [0.717, 1.165) is 10.0 Å². The minimum atomic E-state index is -0.0306. The quantitative estimate of drug-likeness (QED) is 0.615. The molecule has 1 atom stereocenters. The summed E-state index contributed by atoms with van der Waals surface area (Å²) in [5.41, 5.74) is 0.786. The number of carbonyl (C=O) groups excluding carboxylic acids is 1. The molecule has 3 heteroatoms. The average molecular weight is 322 g/mol. The molecule has 0 heterocycles. The van der Waals surface area contributed by atoms with Gasteiger partial charge in [-0.2, -0.15) is 0 Å². The Balaban J connectivity index is 2.06. The zero-order chi connectivity index (χ0) is 13.0. The zero-order valence-electron chi connectivity index (χ0n) is 10.1. The van der Waals surface area contributed by atoms with Crippen molar-refractivity contribution in [2.45, 2.75) is 4.90 Å². The monoisotopic (exact) mass is 321 g/mol. The molecule has 0 saturated carbocycles. The highest BCUT2D eigenvalue weighted by Gasteiger charge is 2.20. The Morgan fingerprint density at radius 1 is 1.06 bits per heavy atom.